The lowest BCUT2D eigenvalue weighted by Crippen LogP contribution is -2.54. The molecule has 0 saturated heterocycles. The summed E-state index contributed by atoms with van der Waals surface area (Å²) in [7, 11) is 1.69. The molecule has 66 valence electrons. The molecular formula is C6H15NO3Si. The van der Waals surface area contributed by atoms with E-state index in [-0.39, 0.29) is 0 Å². The molecule has 0 saturated carbocycles. The molecule has 5 heteroatoms. The van der Waals surface area contributed by atoms with Crippen LogP contribution in [-0.4, -0.2) is 35.8 Å². The zero-order valence-corrected chi connectivity index (χ0v) is 8.46. The highest BCUT2D eigenvalue weighted by atomic mass is 28.4. The number of hydrogen-bond donors (Lipinski definition) is 0. The summed E-state index contributed by atoms with van der Waals surface area (Å²) in [5.41, 5.74) is 8.82. The van der Waals surface area contributed by atoms with Crippen LogP contribution in [0.5, 0.6) is 0 Å². The van der Waals surface area contributed by atoms with Gasteiger partial charge in [-0.2, -0.15) is 0 Å². The summed E-state index contributed by atoms with van der Waals surface area (Å²) >= 11 is 0. The van der Waals surface area contributed by atoms with E-state index in [1.165, 1.54) is 21.3 Å². The van der Waals surface area contributed by atoms with E-state index in [4.69, 9.17) is 13.3 Å². The van der Waals surface area contributed by atoms with E-state index in [1.807, 2.05) is 6.92 Å². The smallest absolute Gasteiger partial charge is 0.376 e. The molecule has 0 heterocycles. The molecule has 0 spiro atoms. The molecule has 4 nitrogen and oxygen atoms in total. The number of rotatable bonds is 5. The summed E-state index contributed by atoms with van der Waals surface area (Å²) in [5.74, 6) is 0. The molecule has 0 aromatic carbocycles. The van der Waals surface area contributed by atoms with Crippen molar-refractivity contribution in [3.63, 3.8) is 0 Å². The third-order valence-corrected chi connectivity index (χ3v) is 4.58. The SMILES string of the molecule is CCC([N])[Si](OC)(OC)OC. The normalized spacial score (nSPS) is 15.0. The molecule has 0 rings (SSSR count). The van der Waals surface area contributed by atoms with Crippen LogP contribution in [0.4, 0.5) is 0 Å². The fourth-order valence-electron chi connectivity index (χ4n) is 0.908. The largest absolute Gasteiger partial charge is 0.521 e. The monoisotopic (exact) mass is 177 g/mol. The third kappa shape index (κ3) is 2.24. The second-order valence-electron chi connectivity index (χ2n) is 2.14. The summed E-state index contributed by atoms with van der Waals surface area (Å²) in [4.78, 5) is 0. The Morgan fingerprint density at radius 1 is 1.18 bits per heavy atom. The molecule has 1 atom stereocenters. The first kappa shape index (κ1) is 11.1. The van der Waals surface area contributed by atoms with E-state index in [1.54, 1.807) is 0 Å². The Labute approximate surface area is 69.0 Å². The molecule has 0 aliphatic carbocycles. The van der Waals surface area contributed by atoms with Gasteiger partial charge in [0.1, 0.15) is 5.67 Å². The van der Waals surface area contributed by atoms with Gasteiger partial charge in [0.25, 0.3) is 0 Å². The van der Waals surface area contributed by atoms with Crippen LogP contribution in [-0.2, 0) is 13.3 Å². The number of nitrogens with zero attached hydrogens (tertiary/aromatic N) is 1. The molecule has 0 fully saturated rings. The van der Waals surface area contributed by atoms with Gasteiger partial charge in [-0.05, 0) is 6.42 Å². The van der Waals surface area contributed by atoms with Gasteiger partial charge in [0.15, 0.2) is 0 Å². The van der Waals surface area contributed by atoms with Crippen LogP contribution in [0.3, 0.4) is 0 Å². The Hall–Kier alpha value is 0.0569. The summed E-state index contributed by atoms with van der Waals surface area (Å²) in [5, 5.41) is 0. The van der Waals surface area contributed by atoms with Crippen LogP contribution in [0, 0.1) is 0 Å². The van der Waals surface area contributed by atoms with Crippen molar-refractivity contribution in [3.05, 3.63) is 0 Å². The highest BCUT2D eigenvalue weighted by molar-refractivity contribution is 6.62. The summed E-state index contributed by atoms with van der Waals surface area (Å²) in [6, 6.07) is 0. The van der Waals surface area contributed by atoms with Crippen LogP contribution in [0.2, 0.25) is 0 Å². The summed E-state index contributed by atoms with van der Waals surface area (Å²) < 4.78 is 15.1. The van der Waals surface area contributed by atoms with Crippen molar-refractivity contribution < 1.29 is 13.3 Å². The highest BCUT2D eigenvalue weighted by Crippen LogP contribution is 2.13. The van der Waals surface area contributed by atoms with Gasteiger partial charge < -0.3 is 13.3 Å². The fourth-order valence-corrected chi connectivity index (χ4v) is 2.72. The minimum Gasteiger partial charge on any atom is -0.376 e. The van der Waals surface area contributed by atoms with Crippen molar-refractivity contribution in [3.8, 4) is 0 Å². The molecule has 2 radical (unpaired) electrons. The number of hydrogen-bond acceptors (Lipinski definition) is 3. The van der Waals surface area contributed by atoms with Gasteiger partial charge in [0.2, 0.25) is 0 Å². The zero-order valence-electron chi connectivity index (χ0n) is 7.46. The third-order valence-electron chi connectivity index (χ3n) is 1.65. The lowest BCUT2D eigenvalue weighted by molar-refractivity contribution is 0.111. The summed E-state index contributed by atoms with van der Waals surface area (Å²) in [6.07, 6.45) is 0.571. The predicted molar refractivity (Wildman–Crippen MR) is 43.0 cm³/mol. The van der Waals surface area contributed by atoms with Gasteiger partial charge in [-0.1, -0.05) is 6.92 Å². The molecule has 0 N–H and O–H groups in total. The zero-order chi connectivity index (χ0) is 8.91. The van der Waals surface area contributed by atoms with E-state index < -0.39 is 14.5 Å². The molecule has 0 bridgehead atoms. The van der Waals surface area contributed by atoms with Crippen molar-refractivity contribution >= 4 is 8.80 Å². The lowest BCUT2D eigenvalue weighted by Gasteiger charge is -2.27. The Morgan fingerprint density at radius 2 is 1.55 bits per heavy atom. The minimum absolute atomic E-state index is 0.571. The first-order valence-electron chi connectivity index (χ1n) is 3.50. The van der Waals surface area contributed by atoms with Crippen LogP contribution >= 0.6 is 0 Å². The van der Waals surface area contributed by atoms with Crippen LogP contribution in [0.15, 0.2) is 0 Å². The maximum absolute atomic E-state index is 9.45. The molecule has 0 aromatic rings. The van der Waals surface area contributed by atoms with Crippen LogP contribution in [0.1, 0.15) is 13.3 Å². The summed E-state index contributed by atoms with van der Waals surface area (Å²) in [6.45, 7) is 1.85. The van der Waals surface area contributed by atoms with E-state index in [0.29, 0.717) is 6.42 Å². The van der Waals surface area contributed by atoms with E-state index in [2.05, 4.69) is 0 Å². The van der Waals surface area contributed by atoms with E-state index in [0.717, 1.165) is 0 Å². The molecule has 0 aromatic heterocycles. The standard InChI is InChI=1S/C6H15NO3Si/c1-5-6(7)11(8-2,9-3)10-4/h6H,5H2,1-4H3. The molecule has 0 amide bonds. The van der Waals surface area contributed by atoms with Crippen molar-refractivity contribution in [2.75, 3.05) is 21.3 Å². The van der Waals surface area contributed by atoms with Crippen molar-refractivity contribution in [2.45, 2.75) is 19.0 Å². The molecule has 11 heavy (non-hydrogen) atoms. The molecular weight excluding hydrogens is 162 g/mol. The Balaban J connectivity index is 4.26. The topological polar surface area (TPSA) is 50.0 Å². The van der Waals surface area contributed by atoms with Gasteiger partial charge in [0.05, 0.1) is 0 Å². The van der Waals surface area contributed by atoms with Gasteiger partial charge in [-0.25, -0.2) is 0 Å². The second kappa shape index (κ2) is 4.84. The quantitative estimate of drug-likeness (QED) is 0.566. The Morgan fingerprint density at radius 3 is 1.64 bits per heavy atom. The van der Waals surface area contributed by atoms with Crippen LogP contribution in [0.25, 0.3) is 0 Å². The van der Waals surface area contributed by atoms with Crippen molar-refractivity contribution in [1.29, 1.82) is 0 Å². The molecule has 0 aliphatic heterocycles. The average molecular weight is 177 g/mol. The maximum atomic E-state index is 9.45. The average Bonchev–Trinajstić information content (AvgIpc) is 2.08. The first-order chi connectivity index (χ1) is 5.16. The van der Waals surface area contributed by atoms with Gasteiger partial charge in [-0.15, -0.1) is 5.73 Å². The highest BCUT2D eigenvalue weighted by Gasteiger charge is 2.45. The van der Waals surface area contributed by atoms with E-state index >= 15 is 0 Å². The predicted octanol–water partition coefficient (Wildman–Crippen LogP) is 0.251. The minimum atomic E-state index is -2.77. The van der Waals surface area contributed by atoms with Crippen LogP contribution < -0.4 is 5.73 Å². The van der Waals surface area contributed by atoms with E-state index in [9.17, 15) is 5.73 Å². The van der Waals surface area contributed by atoms with Gasteiger partial charge in [0, 0.05) is 21.3 Å². The first-order valence-corrected chi connectivity index (χ1v) is 5.30. The molecule has 0 aliphatic rings. The second-order valence-corrected chi connectivity index (χ2v) is 5.24. The maximum Gasteiger partial charge on any atom is 0.521 e. The molecule has 1 unspecified atom stereocenters. The fraction of sp³-hybridized carbons (Fsp3) is 1.00. The van der Waals surface area contributed by atoms with Gasteiger partial charge >= 0.3 is 8.80 Å². The lowest BCUT2D eigenvalue weighted by atomic mass is 10.5. The van der Waals surface area contributed by atoms with Gasteiger partial charge in [-0.3, -0.25) is 0 Å². The Bertz CT molecular complexity index is 99.7. The van der Waals surface area contributed by atoms with Crippen molar-refractivity contribution in [2.24, 2.45) is 0 Å². The van der Waals surface area contributed by atoms with Crippen molar-refractivity contribution in [1.82, 2.24) is 5.73 Å². The Kier molecular flexibility index (Phi) is 4.86.